The summed E-state index contributed by atoms with van der Waals surface area (Å²) in [4.78, 5) is 0. The van der Waals surface area contributed by atoms with Gasteiger partial charge in [-0.2, -0.15) is 5.10 Å². The van der Waals surface area contributed by atoms with E-state index >= 15 is 0 Å². The molecular formula is C10H16N2. The fourth-order valence-corrected chi connectivity index (χ4v) is 1.45. The van der Waals surface area contributed by atoms with Crippen LogP contribution in [0.1, 0.15) is 38.4 Å². The van der Waals surface area contributed by atoms with Crippen LogP contribution in [0.3, 0.4) is 0 Å². The first-order chi connectivity index (χ1) is 5.75. The lowest BCUT2D eigenvalue weighted by atomic mass is 10.1. The van der Waals surface area contributed by atoms with E-state index in [1.165, 1.54) is 18.5 Å². The predicted molar refractivity (Wildman–Crippen MR) is 49.0 cm³/mol. The molecule has 0 spiro atoms. The first-order valence-electron chi connectivity index (χ1n) is 4.80. The van der Waals surface area contributed by atoms with Gasteiger partial charge in [0.15, 0.2) is 0 Å². The molecule has 0 N–H and O–H groups in total. The summed E-state index contributed by atoms with van der Waals surface area (Å²) in [7, 11) is 0. The first-order valence-corrected chi connectivity index (χ1v) is 4.80. The molecule has 1 saturated carbocycles. The van der Waals surface area contributed by atoms with Crippen molar-refractivity contribution in [2.45, 2.75) is 39.2 Å². The smallest absolute Gasteiger partial charge is 0.0627 e. The Morgan fingerprint density at radius 3 is 2.92 bits per heavy atom. The van der Waals surface area contributed by atoms with Crippen LogP contribution >= 0.6 is 0 Å². The standard InChI is InChI=1S/C10H16N2/c1-8(2)7-9-5-6-12(11-9)10-3-4-10/h5-6,8,10H,3-4,7H2,1-2H3. The summed E-state index contributed by atoms with van der Waals surface area (Å²) in [6.07, 6.45) is 5.88. The van der Waals surface area contributed by atoms with Gasteiger partial charge in [-0.3, -0.25) is 4.68 Å². The topological polar surface area (TPSA) is 17.8 Å². The Kier molecular flexibility index (Phi) is 1.91. The maximum atomic E-state index is 4.53. The van der Waals surface area contributed by atoms with Crippen molar-refractivity contribution in [2.24, 2.45) is 5.92 Å². The van der Waals surface area contributed by atoms with Crippen LogP contribution in [0.2, 0.25) is 0 Å². The molecule has 2 heteroatoms. The highest BCUT2D eigenvalue weighted by Gasteiger charge is 2.24. The molecule has 1 heterocycles. The van der Waals surface area contributed by atoms with Gasteiger partial charge in [-0.05, 0) is 31.2 Å². The molecule has 0 bridgehead atoms. The summed E-state index contributed by atoms with van der Waals surface area (Å²) in [5, 5.41) is 4.53. The zero-order valence-electron chi connectivity index (χ0n) is 7.83. The molecule has 2 rings (SSSR count). The van der Waals surface area contributed by atoms with Gasteiger partial charge in [-0.25, -0.2) is 0 Å². The molecule has 66 valence electrons. The second-order valence-corrected chi connectivity index (χ2v) is 4.12. The Balaban J connectivity index is 2.03. The van der Waals surface area contributed by atoms with Gasteiger partial charge in [0.2, 0.25) is 0 Å². The van der Waals surface area contributed by atoms with Crippen molar-refractivity contribution in [3.8, 4) is 0 Å². The number of hydrogen-bond acceptors (Lipinski definition) is 1. The Bertz CT molecular complexity index is 259. The van der Waals surface area contributed by atoms with Crippen LogP contribution in [-0.4, -0.2) is 9.78 Å². The van der Waals surface area contributed by atoms with Crippen LogP contribution in [-0.2, 0) is 6.42 Å². The van der Waals surface area contributed by atoms with Crippen LogP contribution < -0.4 is 0 Å². The van der Waals surface area contributed by atoms with Crippen molar-refractivity contribution in [3.05, 3.63) is 18.0 Å². The maximum Gasteiger partial charge on any atom is 0.0627 e. The summed E-state index contributed by atoms with van der Waals surface area (Å²) < 4.78 is 2.12. The molecule has 0 radical (unpaired) electrons. The van der Waals surface area contributed by atoms with Gasteiger partial charge in [-0.1, -0.05) is 13.8 Å². The number of rotatable bonds is 3. The molecule has 1 fully saturated rings. The van der Waals surface area contributed by atoms with E-state index in [2.05, 4.69) is 35.9 Å². The van der Waals surface area contributed by atoms with E-state index in [-0.39, 0.29) is 0 Å². The number of nitrogens with zero attached hydrogens (tertiary/aromatic N) is 2. The van der Waals surface area contributed by atoms with Crippen LogP contribution in [0.25, 0.3) is 0 Å². The molecule has 1 aliphatic rings. The highest BCUT2D eigenvalue weighted by Crippen LogP contribution is 2.33. The predicted octanol–water partition coefficient (Wildman–Crippen LogP) is 2.42. The minimum Gasteiger partial charge on any atom is -0.269 e. The zero-order chi connectivity index (χ0) is 8.55. The van der Waals surface area contributed by atoms with E-state index in [9.17, 15) is 0 Å². The Hall–Kier alpha value is -0.790. The normalized spacial score (nSPS) is 17.2. The molecule has 0 aromatic carbocycles. The molecule has 2 nitrogen and oxygen atoms in total. The SMILES string of the molecule is CC(C)Cc1ccn(C2CC2)n1. The third kappa shape index (κ3) is 1.68. The molecule has 0 amide bonds. The van der Waals surface area contributed by atoms with Crippen molar-refractivity contribution in [1.82, 2.24) is 9.78 Å². The van der Waals surface area contributed by atoms with E-state index in [4.69, 9.17) is 0 Å². The van der Waals surface area contributed by atoms with Crippen LogP contribution in [0, 0.1) is 5.92 Å². The third-order valence-corrected chi connectivity index (χ3v) is 2.20. The van der Waals surface area contributed by atoms with Gasteiger partial charge >= 0.3 is 0 Å². The monoisotopic (exact) mass is 164 g/mol. The highest BCUT2D eigenvalue weighted by molar-refractivity contribution is 5.01. The minimum atomic E-state index is 0.715. The lowest BCUT2D eigenvalue weighted by Crippen LogP contribution is -1.98. The van der Waals surface area contributed by atoms with E-state index in [0.717, 1.165) is 12.5 Å². The Labute approximate surface area is 73.6 Å². The van der Waals surface area contributed by atoms with Gasteiger partial charge < -0.3 is 0 Å². The Morgan fingerprint density at radius 1 is 1.58 bits per heavy atom. The lowest BCUT2D eigenvalue weighted by Gasteiger charge is -1.99. The molecule has 12 heavy (non-hydrogen) atoms. The first kappa shape index (κ1) is 7.84. The van der Waals surface area contributed by atoms with Crippen molar-refractivity contribution >= 4 is 0 Å². The highest BCUT2D eigenvalue weighted by atomic mass is 15.3. The molecule has 1 aromatic rings. The lowest BCUT2D eigenvalue weighted by molar-refractivity contribution is 0.592. The average Bonchev–Trinajstić information content (AvgIpc) is 2.73. The van der Waals surface area contributed by atoms with Crippen molar-refractivity contribution in [3.63, 3.8) is 0 Å². The van der Waals surface area contributed by atoms with Crippen molar-refractivity contribution in [2.75, 3.05) is 0 Å². The summed E-state index contributed by atoms with van der Waals surface area (Å²) in [5.74, 6) is 0.715. The number of aromatic nitrogens is 2. The number of hydrogen-bond donors (Lipinski definition) is 0. The summed E-state index contributed by atoms with van der Waals surface area (Å²) >= 11 is 0. The fraction of sp³-hybridized carbons (Fsp3) is 0.700. The van der Waals surface area contributed by atoms with Crippen molar-refractivity contribution in [1.29, 1.82) is 0 Å². The van der Waals surface area contributed by atoms with Gasteiger partial charge in [0.1, 0.15) is 0 Å². The van der Waals surface area contributed by atoms with Gasteiger partial charge in [0.25, 0.3) is 0 Å². The van der Waals surface area contributed by atoms with Crippen LogP contribution in [0.5, 0.6) is 0 Å². The van der Waals surface area contributed by atoms with Gasteiger partial charge in [-0.15, -0.1) is 0 Å². The molecule has 0 aliphatic heterocycles. The largest absolute Gasteiger partial charge is 0.269 e. The quantitative estimate of drug-likeness (QED) is 0.670. The molecule has 1 aromatic heterocycles. The third-order valence-electron chi connectivity index (χ3n) is 2.20. The van der Waals surface area contributed by atoms with E-state index in [1.807, 2.05) is 0 Å². The molecule has 0 saturated heterocycles. The van der Waals surface area contributed by atoms with Crippen molar-refractivity contribution < 1.29 is 0 Å². The van der Waals surface area contributed by atoms with E-state index < -0.39 is 0 Å². The summed E-state index contributed by atoms with van der Waals surface area (Å²) in [6, 6.07) is 2.88. The fourth-order valence-electron chi connectivity index (χ4n) is 1.45. The summed E-state index contributed by atoms with van der Waals surface area (Å²) in [6.45, 7) is 4.46. The van der Waals surface area contributed by atoms with E-state index in [0.29, 0.717) is 5.92 Å². The van der Waals surface area contributed by atoms with Gasteiger partial charge in [0, 0.05) is 6.20 Å². The minimum absolute atomic E-state index is 0.715. The Morgan fingerprint density at radius 2 is 2.33 bits per heavy atom. The van der Waals surface area contributed by atoms with Crippen LogP contribution in [0.4, 0.5) is 0 Å². The molecule has 0 atom stereocenters. The molecule has 0 unspecified atom stereocenters. The second kappa shape index (κ2) is 2.92. The molecule has 1 aliphatic carbocycles. The maximum absolute atomic E-state index is 4.53. The van der Waals surface area contributed by atoms with Gasteiger partial charge in [0.05, 0.1) is 11.7 Å². The van der Waals surface area contributed by atoms with Crippen LogP contribution in [0.15, 0.2) is 12.3 Å². The molecular weight excluding hydrogens is 148 g/mol. The average molecular weight is 164 g/mol. The zero-order valence-corrected chi connectivity index (χ0v) is 7.83. The second-order valence-electron chi connectivity index (χ2n) is 4.12. The summed E-state index contributed by atoms with van der Waals surface area (Å²) in [5.41, 5.74) is 1.25. The van der Waals surface area contributed by atoms with E-state index in [1.54, 1.807) is 0 Å².